The summed E-state index contributed by atoms with van der Waals surface area (Å²) < 4.78 is 15.5. The number of aromatic nitrogens is 1. The van der Waals surface area contributed by atoms with Gasteiger partial charge in [0.2, 0.25) is 0 Å². The largest absolute Gasteiger partial charge is 0.487 e. The van der Waals surface area contributed by atoms with E-state index < -0.39 is 12.0 Å². The number of thiazole rings is 1. The first-order chi connectivity index (χ1) is 21.9. The fraction of sp³-hybridized carbons (Fsp3) is 0.118. The lowest BCUT2D eigenvalue weighted by Gasteiger charge is -2.24. The first-order valence-electron chi connectivity index (χ1n) is 13.8. The fourth-order valence-corrected chi connectivity index (χ4v) is 8.56. The summed E-state index contributed by atoms with van der Waals surface area (Å²) in [5, 5.41) is 11.5. The van der Waals surface area contributed by atoms with Gasteiger partial charge in [-0.25, -0.2) is 9.79 Å². The van der Waals surface area contributed by atoms with Crippen LogP contribution in [0.25, 0.3) is 11.8 Å². The zero-order chi connectivity index (χ0) is 31.5. The minimum Gasteiger partial charge on any atom is -0.487 e. The van der Waals surface area contributed by atoms with Crippen molar-refractivity contribution >= 4 is 78.9 Å². The van der Waals surface area contributed by atoms with Crippen molar-refractivity contribution in [3.8, 4) is 11.8 Å². The minimum absolute atomic E-state index is 0.186. The third-order valence-electron chi connectivity index (χ3n) is 7.02. The van der Waals surface area contributed by atoms with Gasteiger partial charge in [-0.15, -0.1) is 11.3 Å². The number of nitrogens with zero attached hydrogens (tertiary/aromatic N) is 3. The van der Waals surface area contributed by atoms with Crippen molar-refractivity contribution in [1.82, 2.24) is 4.57 Å². The Hall–Kier alpha value is -3.83. The van der Waals surface area contributed by atoms with Crippen LogP contribution in [0.3, 0.4) is 0 Å². The van der Waals surface area contributed by atoms with Crippen LogP contribution in [0.15, 0.2) is 104 Å². The maximum absolute atomic E-state index is 14.3. The molecule has 0 fully saturated rings. The summed E-state index contributed by atoms with van der Waals surface area (Å²) in [4.78, 5) is 34.0. The van der Waals surface area contributed by atoms with Gasteiger partial charge in [0.15, 0.2) is 4.80 Å². The molecule has 0 saturated heterocycles. The van der Waals surface area contributed by atoms with E-state index >= 15 is 0 Å². The van der Waals surface area contributed by atoms with Crippen molar-refractivity contribution in [3.05, 3.63) is 145 Å². The Bertz CT molecular complexity index is 2170. The molecule has 11 heteroatoms. The Morgan fingerprint density at radius 1 is 1.13 bits per heavy atom. The summed E-state index contributed by atoms with van der Waals surface area (Å²) in [5.74, 6) is 0.0760. The van der Waals surface area contributed by atoms with Crippen LogP contribution in [0.5, 0.6) is 5.75 Å². The molecule has 0 saturated carbocycles. The van der Waals surface area contributed by atoms with Crippen molar-refractivity contribution in [3.63, 3.8) is 0 Å². The predicted molar refractivity (Wildman–Crippen MR) is 188 cm³/mol. The van der Waals surface area contributed by atoms with Crippen LogP contribution in [0.2, 0.25) is 0 Å². The number of esters is 1. The second-order valence-electron chi connectivity index (χ2n) is 9.81. The van der Waals surface area contributed by atoms with Crippen LogP contribution in [-0.4, -0.2) is 17.1 Å². The lowest BCUT2D eigenvalue weighted by molar-refractivity contribution is -0.138. The number of rotatable bonds is 8. The van der Waals surface area contributed by atoms with Crippen LogP contribution < -0.4 is 19.6 Å². The zero-order valence-corrected chi connectivity index (χ0v) is 29.1. The van der Waals surface area contributed by atoms with E-state index in [2.05, 4.69) is 44.6 Å². The molecule has 3 heterocycles. The van der Waals surface area contributed by atoms with Crippen LogP contribution >= 0.6 is 61.2 Å². The summed E-state index contributed by atoms with van der Waals surface area (Å²) in [6.45, 7) is 2.13. The lowest BCUT2D eigenvalue weighted by Crippen LogP contribution is -2.39. The molecule has 2 aromatic heterocycles. The number of halogens is 2. The van der Waals surface area contributed by atoms with Crippen LogP contribution in [-0.2, 0) is 16.1 Å². The Morgan fingerprint density at radius 3 is 2.64 bits per heavy atom. The average Bonchev–Trinajstić information content (AvgIpc) is 3.69. The van der Waals surface area contributed by atoms with Gasteiger partial charge in [0.05, 0.1) is 37.6 Å². The molecule has 0 N–H and O–H groups in total. The van der Waals surface area contributed by atoms with E-state index in [0.717, 1.165) is 24.0 Å². The van der Waals surface area contributed by atoms with Gasteiger partial charge in [0.25, 0.3) is 5.56 Å². The minimum atomic E-state index is -0.710. The maximum Gasteiger partial charge on any atom is 0.338 e. The maximum atomic E-state index is 14.3. The molecule has 0 aliphatic carbocycles. The van der Waals surface area contributed by atoms with Crippen molar-refractivity contribution in [2.45, 2.75) is 19.6 Å². The number of ether oxygens (including phenoxy) is 2. The molecule has 3 aromatic carbocycles. The number of thiophene rings is 1. The molecule has 0 bridgehead atoms. The highest BCUT2D eigenvalue weighted by Gasteiger charge is 2.35. The number of nitriles is 1. The van der Waals surface area contributed by atoms with Gasteiger partial charge < -0.3 is 9.47 Å². The summed E-state index contributed by atoms with van der Waals surface area (Å²) in [7, 11) is 0. The number of benzene rings is 3. The Labute approximate surface area is 288 Å². The topological polar surface area (TPSA) is 93.7 Å². The van der Waals surface area contributed by atoms with Crippen molar-refractivity contribution in [2.75, 3.05) is 6.61 Å². The predicted octanol–water partition coefficient (Wildman–Crippen LogP) is 6.81. The van der Waals surface area contributed by atoms with E-state index in [-0.39, 0.29) is 18.8 Å². The van der Waals surface area contributed by atoms with E-state index in [9.17, 15) is 14.9 Å². The molecule has 0 unspecified atom stereocenters. The number of carbonyl (C=O) groups is 1. The summed E-state index contributed by atoms with van der Waals surface area (Å²) in [5.41, 5.74) is 3.28. The normalized spacial score (nSPS) is 14.4. The molecule has 224 valence electrons. The first-order valence-corrected chi connectivity index (χ1v) is 17.4. The van der Waals surface area contributed by atoms with Crippen LogP contribution in [0.4, 0.5) is 0 Å². The van der Waals surface area contributed by atoms with Gasteiger partial charge in [-0.2, -0.15) is 5.26 Å². The first kappa shape index (κ1) is 31.2. The quantitative estimate of drug-likeness (QED) is 0.127. The fourth-order valence-electron chi connectivity index (χ4n) is 5.04. The lowest BCUT2D eigenvalue weighted by atomic mass is 9.97. The molecule has 7 nitrogen and oxygen atoms in total. The monoisotopic (exact) mass is 807 g/mol. The van der Waals surface area contributed by atoms with Crippen molar-refractivity contribution < 1.29 is 14.3 Å². The van der Waals surface area contributed by atoms with Gasteiger partial charge in [-0.05, 0) is 65.2 Å². The molecule has 0 radical (unpaired) electrons. The molecule has 45 heavy (non-hydrogen) atoms. The van der Waals surface area contributed by atoms with Gasteiger partial charge in [0, 0.05) is 26.0 Å². The molecular formula is C34H23BrIN3O4S2. The van der Waals surface area contributed by atoms with E-state index in [1.54, 1.807) is 23.6 Å². The van der Waals surface area contributed by atoms with E-state index in [4.69, 9.17) is 14.5 Å². The van der Waals surface area contributed by atoms with Crippen molar-refractivity contribution in [2.24, 2.45) is 4.99 Å². The highest BCUT2D eigenvalue weighted by atomic mass is 127. The second kappa shape index (κ2) is 13.7. The number of carbonyl (C=O) groups excluding carboxylic acids is 1. The summed E-state index contributed by atoms with van der Waals surface area (Å²) in [6, 6.07) is 25.9. The Balaban J connectivity index is 1.54. The van der Waals surface area contributed by atoms with Crippen LogP contribution in [0.1, 0.15) is 40.1 Å². The average molecular weight is 809 g/mol. The molecular weight excluding hydrogens is 785 g/mol. The molecule has 1 aliphatic heterocycles. The number of fused-ring (bicyclic) bond motifs is 1. The van der Waals surface area contributed by atoms with Gasteiger partial charge in [-0.3, -0.25) is 9.36 Å². The number of hydrogen-bond acceptors (Lipinski definition) is 8. The van der Waals surface area contributed by atoms with Crippen LogP contribution in [0, 0.1) is 14.9 Å². The molecule has 6 rings (SSSR count). The highest BCUT2D eigenvalue weighted by molar-refractivity contribution is 14.1. The molecule has 0 spiro atoms. The van der Waals surface area contributed by atoms with E-state index in [1.807, 2.05) is 78.2 Å². The van der Waals surface area contributed by atoms with E-state index in [1.165, 1.54) is 22.7 Å². The number of hydrogen-bond donors (Lipinski definition) is 0. The third kappa shape index (κ3) is 6.33. The SMILES string of the molecule is CCOC(=O)C1=C(c2ccccc2)N=c2s/c(=C\c3cc(Br)cc(I)c3OCc3ccccc3C#N)c(=O)n2[C@H]1c1cccs1. The zero-order valence-electron chi connectivity index (χ0n) is 23.7. The molecule has 5 aromatic rings. The second-order valence-corrected chi connectivity index (χ2v) is 13.9. The van der Waals surface area contributed by atoms with E-state index in [0.29, 0.717) is 37.5 Å². The third-order valence-corrected chi connectivity index (χ3v) is 10.2. The summed E-state index contributed by atoms with van der Waals surface area (Å²) in [6.07, 6.45) is 1.80. The van der Waals surface area contributed by atoms with Crippen molar-refractivity contribution in [1.29, 1.82) is 5.26 Å². The molecule has 1 atom stereocenters. The Kier molecular flexibility index (Phi) is 9.46. The van der Waals surface area contributed by atoms with Gasteiger partial charge in [-0.1, -0.05) is 81.9 Å². The molecule has 0 amide bonds. The highest BCUT2D eigenvalue weighted by Crippen LogP contribution is 2.37. The smallest absolute Gasteiger partial charge is 0.338 e. The standard InChI is InChI=1S/C34H23BrIN3O4S2/c1-2-42-33(41)28-29(20-9-4-3-5-10-20)38-34-39(30(28)26-13-8-14-44-26)32(40)27(45-34)16-23-15-24(35)17-25(36)31(23)43-19-22-12-7-6-11-21(22)18-37/h3-17,30H,2,19H2,1H3/b27-16-/t30-/m0/s1. The molecule has 1 aliphatic rings. The van der Waals surface area contributed by atoms with Gasteiger partial charge in [0.1, 0.15) is 18.4 Å². The van der Waals surface area contributed by atoms with Gasteiger partial charge >= 0.3 is 5.97 Å². The Morgan fingerprint density at radius 2 is 1.91 bits per heavy atom. The summed E-state index contributed by atoms with van der Waals surface area (Å²) >= 11 is 8.51.